The van der Waals surface area contributed by atoms with Crippen LogP contribution in [0.2, 0.25) is 5.02 Å². The number of anilines is 1. The number of benzene rings is 1. The monoisotopic (exact) mass is 568 g/mol. The number of rotatable bonds is 6. The van der Waals surface area contributed by atoms with Crippen molar-refractivity contribution in [2.45, 2.75) is 31.1 Å². The normalized spacial score (nSPS) is 18.6. The van der Waals surface area contributed by atoms with Crippen LogP contribution in [0.1, 0.15) is 12.8 Å². The number of hydrogen-bond acceptors (Lipinski definition) is 8. The van der Waals surface area contributed by atoms with E-state index < -0.39 is 18.0 Å². The van der Waals surface area contributed by atoms with Crippen molar-refractivity contribution >= 4 is 46.8 Å². The highest BCUT2D eigenvalue weighted by Gasteiger charge is 2.38. The van der Waals surface area contributed by atoms with Gasteiger partial charge in [0, 0.05) is 30.6 Å². The predicted molar refractivity (Wildman–Crippen MR) is 128 cm³/mol. The van der Waals surface area contributed by atoms with E-state index in [0.29, 0.717) is 30.4 Å². The molecule has 1 aromatic carbocycles. The predicted octanol–water partition coefficient (Wildman–Crippen LogP) is 2.12. The molecule has 0 aliphatic carbocycles. The van der Waals surface area contributed by atoms with Gasteiger partial charge >= 0.3 is 12.1 Å². The Kier molecular flexibility index (Phi) is 11.4. The maximum absolute atomic E-state index is 13.2. The molecule has 2 saturated heterocycles. The van der Waals surface area contributed by atoms with E-state index in [1.807, 2.05) is 4.90 Å². The van der Waals surface area contributed by atoms with Crippen LogP contribution < -0.4 is 11.2 Å². The first-order valence-electron chi connectivity index (χ1n) is 10.9. The summed E-state index contributed by atoms with van der Waals surface area (Å²) < 4.78 is 44.9. The van der Waals surface area contributed by atoms with E-state index in [1.54, 1.807) is 21.7 Å². The fourth-order valence-corrected chi connectivity index (χ4v) is 4.84. The zero-order valence-electron chi connectivity index (χ0n) is 19.4. The quantitative estimate of drug-likeness (QED) is 0.267. The van der Waals surface area contributed by atoms with Gasteiger partial charge in [-0.15, -0.1) is 11.8 Å². The van der Waals surface area contributed by atoms with E-state index in [-0.39, 0.29) is 42.0 Å². The van der Waals surface area contributed by atoms with E-state index in [0.717, 1.165) is 12.8 Å². The summed E-state index contributed by atoms with van der Waals surface area (Å²) in [5.41, 5.74) is 0.448. The fourth-order valence-electron chi connectivity index (χ4n) is 3.56. The molecule has 0 unspecified atom stereocenters. The minimum atomic E-state index is -5.08. The minimum absolute atomic E-state index is 0.0416. The Bertz CT molecular complexity index is 1020. The van der Waals surface area contributed by atoms with Gasteiger partial charge in [0.1, 0.15) is 11.9 Å². The summed E-state index contributed by atoms with van der Waals surface area (Å²) in [4.78, 5) is 37.2. The molecule has 2 heterocycles. The number of nitrogens with zero attached hydrogens (tertiary/aromatic N) is 4. The number of thioether (sulfide) groups is 1. The van der Waals surface area contributed by atoms with Crippen molar-refractivity contribution in [3.63, 3.8) is 0 Å². The number of aliphatic carboxylic acids is 1. The molecule has 4 N–H and O–H groups in total. The number of halogens is 5. The average Bonchev–Trinajstić information content (AvgIpc) is 3.31. The Balaban J connectivity index is 0.000000604. The lowest BCUT2D eigenvalue weighted by Gasteiger charge is -2.36. The molecule has 0 radical (unpaired) electrons. The third-order valence-electron chi connectivity index (χ3n) is 5.51. The lowest BCUT2D eigenvalue weighted by atomic mass is 10.0. The van der Waals surface area contributed by atoms with E-state index in [2.05, 4.69) is 11.4 Å². The van der Waals surface area contributed by atoms with E-state index in [9.17, 15) is 27.2 Å². The number of carboxylic acid groups (broad SMARTS) is 1. The summed E-state index contributed by atoms with van der Waals surface area (Å²) in [5.74, 6) is 3.67. The Morgan fingerprint density at radius 2 is 1.92 bits per heavy atom. The van der Waals surface area contributed by atoms with E-state index in [1.165, 1.54) is 18.2 Å². The molecule has 0 spiro atoms. The topological polar surface area (TPSA) is 143 Å². The Labute approximate surface area is 219 Å². The molecule has 1 atom stereocenters. The number of likely N-dealkylation sites (tertiary alicyclic amines) is 1. The molecule has 2 aliphatic heterocycles. The summed E-state index contributed by atoms with van der Waals surface area (Å²) >= 11 is 7.30. The molecule has 16 heteroatoms. The van der Waals surface area contributed by atoms with Gasteiger partial charge in [0.25, 0.3) is 0 Å². The number of alkyl halides is 3. The number of nitrogens with one attached hydrogen (secondary N) is 1. The van der Waals surface area contributed by atoms with Gasteiger partial charge in [-0.1, -0.05) is 11.6 Å². The number of nitrogens with two attached hydrogens (primary N) is 1. The average molecular weight is 569 g/mol. The molecule has 0 aromatic heterocycles. The van der Waals surface area contributed by atoms with Gasteiger partial charge in [-0.05, 0) is 31.0 Å². The molecule has 3 rings (SSSR count). The van der Waals surface area contributed by atoms with Crippen molar-refractivity contribution < 1.29 is 37.1 Å². The largest absolute Gasteiger partial charge is 0.490 e. The van der Waals surface area contributed by atoms with Crippen molar-refractivity contribution in [1.82, 2.24) is 14.8 Å². The Morgan fingerprint density at radius 1 is 1.30 bits per heavy atom. The lowest BCUT2D eigenvalue weighted by Crippen LogP contribution is -2.53. The van der Waals surface area contributed by atoms with Crippen LogP contribution in [0.15, 0.2) is 18.2 Å². The summed E-state index contributed by atoms with van der Waals surface area (Å²) in [5, 5.41) is 20.5. The summed E-state index contributed by atoms with van der Waals surface area (Å²) in [6, 6.07) is 5.86. The van der Waals surface area contributed by atoms with Crippen LogP contribution in [0.5, 0.6) is 0 Å². The molecule has 2 aliphatic rings. The van der Waals surface area contributed by atoms with Crippen molar-refractivity contribution in [2.24, 2.45) is 5.84 Å². The Hall–Kier alpha value is -2.64. The van der Waals surface area contributed by atoms with Gasteiger partial charge in [-0.25, -0.2) is 14.2 Å². The number of amides is 2. The van der Waals surface area contributed by atoms with Crippen molar-refractivity contribution in [2.75, 3.05) is 43.1 Å². The van der Waals surface area contributed by atoms with Crippen LogP contribution in [0.25, 0.3) is 0 Å². The van der Waals surface area contributed by atoms with Gasteiger partial charge in [0.05, 0.1) is 30.1 Å². The SMILES string of the molecule is N#C[C@@H]1CSCN1C(=O)CN(N)C1CCN(CC(=O)Nc2ccc(F)c(Cl)c2)CC1.O=C(O)C(F)(F)F. The number of carbonyl (C=O) groups excluding carboxylic acids is 2. The summed E-state index contributed by atoms with van der Waals surface area (Å²) in [6.07, 6.45) is -3.62. The lowest BCUT2D eigenvalue weighted by molar-refractivity contribution is -0.192. The van der Waals surface area contributed by atoms with Crippen molar-refractivity contribution in [3.8, 4) is 6.07 Å². The zero-order valence-corrected chi connectivity index (χ0v) is 21.0. The first-order valence-corrected chi connectivity index (χ1v) is 12.4. The molecular weight excluding hydrogens is 544 g/mol. The first-order chi connectivity index (χ1) is 17.3. The smallest absolute Gasteiger partial charge is 0.475 e. The number of hydrogen-bond donors (Lipinski definition) is 3. The molecule has 0 saturated carbocycles. The molecule has 2 fully saturated rings. The van der Waals surface area contributed by atoms with Gasteiger partial charge in [0.15, 0.2) is 0 Å². The van der Waals surface area contributed by atoms with Crippen molar-refractivity contribution in [1.29, 1.82) is 5.26 Å². The van der Waals surface area contributed by atoms with Gasteiger partial charge in [-0.2, -0.15) is 18.4 Å². The standard InChI is InChI=1S/C19H24ClFN6O2S.C2HF3O2/c20-16-7-13(1-2-17(16)21)24-18(28)9-25-5-3-14(4-6-25)27(23)10-19(29)26-12-30-11-15(26)8-22;3-2(4,5)1(6)7/h1-2,7,14-15H,3-6,9-12,23H2,(H,24,28);(H,6,7)/t15-;/m1./s1. The molecule has 0 bridgehead atoms. The van der Waals surface area contributed by atoms with E-state index in [4.69, 9.17) is 32.6 Å². The number of hydrazine groups is 1. The van der Waals surface area contributed by atoms with Crippen LogP contribution in [0.3, 0.4) is 0 Å². The third kappa shape index (κ3) is 9.63. The molecule has 37 heavy (non-hydrogen) atoms. The van der Waals surface area contributed by atoms with Crippen LogP contribution in [0, 0.1) is 17.1 Å². The highest BCUT2D eigenvalue weighted by atomic mass is 35.5. The second-order valence-corrected chi connectivity index (χ2v) is 9.57. The minimum Gasteiger partial charge on any atom is -0.475 e. The van der Waals surface area contributed by atoms with Gasteiger partial charge in [-0.3, -0.25) is 20.3 Å². The van der Waals surface area contributed by atoms with Crippen LogP contribution in [-0.2, 0) is 14.4 Å². The van der Waals surface area contributed by atoms with Gasteiger partial charge < -0.3 is 15.3 Å². The second-order valence-electron chi connectivity index (χ2n) is 8.17. The molecule has 10 nitrogen and oxygen atoms in total. The Morgan fingerprint density at radius 3 is 2.46 bits per heavy atom. The number of piperidine rings is 1. The van der Waals surface area contributed by atoms with E-state index >= 15 is 0 Å². The highest BCUT2D eigenvalue weighted by Crippen LogP contribution is 2.22. The number of carboxylic acids is 1. The third-order valence-corrected chi connectivity index (χ3v) is 6.81. The first kappa shape index (κ1) is 30.6. The molecule has 2 amide bonds. The summed E-state index contributed by atoms with van der Waals surface area (Å²) in [7, 11) is 0. The molecule has 204 valence electrons. The van der Waals surface area contributed by atoms with Crippen molar-refractivity contribution in [3.05, 3.63) is 29.0 Å². The number of carbonyl (C=O) groups is 3. The maximum atomic E-state index is 13.2. The maximum Gasteiger partial charge on any atom is 0.490 e. The van der Waals surface area contributed by atoms with Crippen LogP contribution >= 0.6 is 23.4 Å². The van der Waals surface area contributed by atoms with Crippen LogP contribution in [-0.4, -0.2) is 93.8 Å². The summed E-state index contributed by atoms with van der Waals surface area (Å²) in [6.45, 7) is 1.63. The highest BCUT2D eigenvalue weighted by molar-refractivity contribution is 7.99. The second kappa shape index (κ2) is 13.8. The fraction of sp³-hybridized carbons (Fsp3) is 0.524. The zero-order chi connectivity index (χ0) is 27.8. The molecular formula is C21H25ClF4N6O4S. The van der Waals surface area contributed by atoms with Gasteiger partial charge in [0.2, 0.25) is 11.8 Å². The number of nitriles is 1. The molecule has 1 aromatic rings. The van der Waals surface area contributed by atoms with Crippen LogP contribution in [0.4, 0.5) is 23.2 Å².